The van der Waals surface area contributed by atoms with Crippen LogP contribution in [-0.4, -0.2) is 78.6 Å². The van der Waals surface area contributed by atoms with E-state index in [1.54, 1.807) is 0 Å². The van der Waals surface area contributed by atoms with E-state index >= 15 is 0 Å². The lowest BCUT2D eigenvalue weighted by Crippen LogP contribution is -2.40. The summed E-state index contributed by atoms with van der Waals surface area (Å²) in [5.74, 6) is -0.525. The minimum atomic E-state index is -4.56. The minimum absolute atomic E-state index is 0.0562. The molecule has 10 heteroatoms. The molecule has 0 saturated heterocycles. The predicted molar refractivity (Wildman–Crippen MR) is 101 cm³/mol. The molecule has 0 heterocycles. The number of ketones is 1. The van der Waals surface area contributed by atoms with Crippen molar-refractivity contribution in [1.82, 2.24) is 0 Å². The van der Waals surface area contributed by atoms with E-state index in [4.69, 9.17) is 14.3 Å². The van der Waals surface area contributed by atoms with Crippen LogP contribution in [0, 0.1) is 0 Å². The fourth-order valence-corrected chi connectivity index (χ4v) is 3.26. The summed E-state index contributed by atoms with van der Waals surface area (Å²) in [6.07, 6.45) is 2.84. The van der Waals surface area contributed by atoms with Crippen molar-refractivity contribution >= 4 is 13.6 Å². The number of aliphatic hydroxyl groups excluding tert-OH is 1. The summed E-state index contributed by atoms with van der Waals surface area (Å²) in [5.41, 5.74) is 0. The second kappa shape index (κ2) is 13.7. The van der Waals surface area contributed by atoms with Gasteiger partial charge in [-0.1, -0.05) is 39.0 Å². The van der Waals surface area contributed by atoms with Crippen LogP contribution in [0.1, 0.15) is 51.9 Å². The molecule has 0 amide bonds. The average Bonchev–Trinajstić information content (AvgIpc) is 2.56. The van der Waals surface area contributed by atoms with E-state index in [1.807, 2.05) is 21.1 Å². The molecular weight excluding hydrogens is 377 g/mol. The van der Waals surface area contributed by atoms with Crippen molar-refractivity contribution in [3.05, 3.63) is 0 Å². The van der Waals surface area contributed by atoms with Crippen molar-refractivity contribution < 1.29 is 43.0 Å². The molecule has 27 heavy (non-hydrogen) atoms. The Labute approximate surface area is 162 Å². The van der Waals surface area contributed by atoms with Gasteiger partial charge in [0.1, 0.15) is 19.3 Å². The van der Waals surface area contributed by atoms with E-state index in [-0.39, 0.29) is 13.0 Å². The number of quaternary nitrogens is 1. The molecule has 0 rings (SSSR count). The standard InChI is InChI=1S/C17H36NO8P/c1-5-6-7-8-9-10-11-15(20)17(16(14-19)25-21)26-27(22,23)24-13-12-18(2,3)4/h16-17,19H,5-14H2,1-4H3,(H-,21,22,23)/p+1/t16-,17?/m0/s1. The molecule has 0 aliphatic heterocycles. The van der Waals surface area contributed by atoms with Gasteiger partial charge in [0.15, 0.2) is 11.9 Å². The molecule has 9 nitrogen and oxygen atoms in total. The fraction of sp³-hybridized carbons (Fsp3) is 0.941. The molecule has 0 aliphatic rings. The normalized spacial score (nSPS) is 16.7. The van der Waals surface area contributed by atoms with Gasteiger partial charge in [0.25, 0.3) is 0 Å². The first kappa shape index (κ1) is 26.6. The van der Waals surface area contributed by atoms with E-state index in [1.165, 1.54) is 0 Å². The number of rotatable bonds is 17. The van der Waals surface area contributed by atoms with Crippen LogP contribution in [0.4, 0.5) is 0 Å². The lowest BCUT2D eigenvalue weighted by Gasteiger charge is -2.26. The van der Waals surface area contributed by atoms with Gasteiger partial charge >= 0.3 is 7.82 Å². The van der Waals surface area contributed by atoms with Crippen molar-refractivity contribution in [2.45, 2.75) is 64.1 Å². The molecule has 0 aliphatic carbocycles. The molecule has 0 bridgehead atoms. The SMILES string of the molecule is CCCCCCCCC(=O)C(OP(=O)(O)OCC[N+](C)(C)C)[C@H](CO)OO. The lowest BCUT2D eigenvalue weighted by atomic mass is 10.0. The lowest BCUT2D eigenvalue weighted by molar-refractivity contribution is -0.870. The summed E-state index contributed by atoms with van der Waals surface area (Å²) in [4.78, 5) is 26.3. The molecule has 0 fully saturated rings. The van der Waals surface area contributed by atoms with Crippen molar-refractivity contribution in [1.29, 1.82) is 0 Å². The number of likely N-dealkylation sites (N-methyl/N-ethyl adjacent to an activating group) is 1. The van der Waals surface area contributed by atoms with E-state index < -0.39 is 32.4 Å². The number of aliphatic hydroxyl groups is 1. The summed E-state index contributed by atoms with van der Waals surface area (Å²) < 4.78 is 22.5. The Morgan fingerprint density at radius 3 is 2.22 bits per heavy atom. The van der Waals surface area contributed by atoms with Crippen molar-refractivity contribution in [3.8, 4) is 0 Å². The first-order valence-electron chi connectivity index (χ1n) is 9.46. The summed E-state index contributed by atoms with van der Waals surface area (Å²) in [5, 5.41) is 18.1. The van der Waals surface area contributed by atoms with Crippen LogP contribution in [0.15, 0.2) is 0 Å². The zero-order valence-electron chi connectivity index (χ0n) is 17.0. The van der Waals surface area contributed by atoms with Crippen LogP contribution in [0.25, 0.3) is 0 Å². The third-order valence-corrected chi connectivity index (χ3v) is 5.01. The summed E-state index contributed by atoms with van der Waals surface area (Å²) >= 11 is 0. The number of carbonyl (C=O) groups excluding carboxylic acids is 1. The quantitative estimate of drug-likeness (QED) is 0.109. The Kier molecular flexibility index (Phi) is 13.5. The van der Waals surface area contributed by atoms with E-state index in [2.05, 4.69) is 11.8 Å². The van der Waals surface area contributed by atoms with Crippen LogP contribution in [0.5, 0.6) is 0 Å². The number of nitrogens with zero attached hydrogens (tertiary/aromatic N) is 1. The topological polar surface area (TPSA) is 123 Å². The van der Waals surface area contributed by atoms with Gasteiger partial charge in [-0.3, -0.25) is 19.1 Å². The molecule has 0 aromatic carbocycles. The van der Waals surface area contributed by atoms with Gasteiger partial charge in [0.05, 0.1) is 27.7 Å². The summed E-state index contributed by atoms with van der Waals surface area (Å²) in [7, 11) is 1.11. The zero-order chi connectivity index (χ0) is 20.9. The molecule has 3 N–H and O–H groups in total. The third-order valence-electron chi connectivity index (χ3n) is 4.01. The highest BCUT2D eigenvalue weighted by Gasteiger charge is 2.37. The number of phosphoric acid groups is 1. The van der Waals surface area contributed by atoms with Crippen molar-refractivity contribution in [2.75, 3.05) is 40.9 Å². The average molecular weight is 414 g/mol. The molecule has 0 saturated carbocycles. The van der Waals surface area contributed by atoms with Gasteiger partial charge in [0.2, 0.25) is 0 Å². The van der Waals surface area contributed by atoms with Crippen LogP contribution in [-0.2, 0) is 23.3 Å². The number of phosphoric ester groups is 1. The van der Waals surface area contributed by atoms with Crippen molar-refractivity contribution in [3.63, 3.8) is 0 Å². The van der Waals surface area contributed by atoms with E-state index in [0.29, 0.717) is 17.4 Å². The van der Waals surface area contributed by atoms with Crippen LogP contribution < -0.4 is 0 Å². The highest BCUT2D eigenvalue weighted by atomic mass is 31.2. The number of hydrogen-bond donors (Lipinski definition) is 3. The van der Waals surface area contributed by atoms with Gasteiger partial charge in [-0.2, -0.15) is 0 Å². The zero-order valence-corrected chi connectivity index (χ0v) is 17.9. The van der Waals surface area contributed by atoms with Crippen LogP contribution >= 0.6 is 7.82 Å². The number of carbonyl (C=O) groups is 1. The maximum absolute atomic E-state index is 12.4. The third kappa shape index (κ3) is 13.4. The largest absolute Gasteiger partial charge is 0.473 e. The first-order chi connectivity index (χ1) is 12.6. The van der Waals surface area contributed by atoms with Crippen LogP contribution in [0.2, 0.25) is 0 Å². The highest BCUT2D eigenvalue weighted by molar-refractivity contribution is 7.47. The van der Waals surface area contributed by atoms with Gasteiger partial charge < -0.3 is 14.5 Å². The number of unbranched alkanes of at least 4 members (excludes halogenated alkanes) is 5. The molecule has 2 unspecified atom stereocenters. The fourth-order valence-electron chi connectivity index (χ4n) is 2.34. The summed E-state index contributed by atoms with van der Waals surface area (Å²) in [6, 6.07) is 0. The number of hydrogen-bond acceptors (Lipinski definition) is 7. The Bertz CT molecular complexity index is 451. The Morgan fingerprint density at radius 2 is 1.70 bits per heavy atom. The molecule has 3 atom stereocenters. The second-order valence-electron chi connectivity index (χ2n) is 7.65. The van der Waals surface area contributed by atoms with Gasteiger partial charge in [-0.15, -0.1) is 0 Å². The molecule has 0 aromatic heterocycles. The maximum Gasteiger partial charge on any atom is 0.473 e. The highest BCUT2D eigenvalue weighted by Crippen LogP contribution is 2.45. The monoisotopic (exact) mass is 414 g/mol. The Hall–Kier alpha value is -0.380. The first-order valence-corrected chi connectivity index (χ1v) is 11.0. The van der Waals surface area contributed by atoms with Crippen LogP contribution in [0.3, 0.4) is 0 Å². The van der Waals surface area contributed by atoms with Gasteiger partial charge in [0, 0.05) is 6.42 Å². The van der Waals surface area contributed by atoms with E-state index in [0.717, 1.165) is 32.1 Å². The van der Waals surface area contributed by atoms with Gasteiger partial charge in [-0.05, 0) is 6.42 Å². The van der Waals surface area contributed by atoms with E-state index in [9.17, 15) is 19.4 Å². The second-order valence-corrected chi connectivity index (χ2v) is 9.06. The predicted octanol–water partition coefficient (Wildman–Crippen LogP) is 2.36. The maximum atomic E-state index is 12.4. The molecule has 0 spiro atoms. The minimum Gasteiger partial charge on any atom is -0.393 e. The van der Waals surface area contributed by atoms with Crippen molar-refractivity contribution in [2.24, 2.45) is 0 Å². The van der Waals surface area contributed by atoms with Gasteiger partial charge in [-0.25, -0.2) is 9.45 Å². The molecule has 0 aromatic rings. The number of Topliss-reactive ketones (excluding diaryl/α,β-unsaturated/α-hetero) is 1. The molecule has 0 radical (unpaired) electrons. The smallest absolute Gasteiger partial charge is 0.393 e. The summed E-state index contributed by atoms with van der Waals surface area (Å²) in [6.45, 7) is 1.76. The molecule has 162 valence electrons. The Balaban J connectivity index is 4.69. The Morgan fingerprint density at radius 1 is 1.11 bits per heavy atom. The molecular formula is C17H37NO8P+.